The number of urea groups is 1. The molecule has 1 aromatic carbocycles. The number of hydrogen-bond donors (Lipinski definition) is 2. The van der Waals surface area contributed by atoms with Crippen LogP contribution in [-0.2, 0) is 16.1 Å². The number of rotatable bonds is 5. The Hall–Kier alpha value is -2.41. The average Bonchev–Trinajstić information content (AvgIpc) is 3.35. The number of hydrogen-bond acceptors (Lipinski definition) is 4. The third-order valence-corrected chi connectivity index (χ3v) is 5.43. The van der Waals surface area contributed by atoms with E-state index in [1.807, 2.05) is 31.2 Å². The van der Waals surface area contributed by atoms with Gasteiger partial charge in [-0.3, -0.25) is 9.59 Å². The molecule has 2 fully saturated rings. The maximum absolute atomic E-state index is 13.0. The number of Topliss-reactive ketones (excluding diaryl/α,β-unsaturated/α-hetero) is 1. The summed E-state index contributed by atoms with van der Waals surface area (Å²) in [7, 11) is 0. The number of nitrogens with one attached hydrogen (secondary N) is 1. The van der Waals surface area contributed by atoms with E-state index in [2.05, 4.69) is 5.32 Å². The van der Waals surface area contributed by atoms with Crippen LogP contribution in [0, 0.1) is 6.92 Å². The highest BCUT2D eigenvalue weighted by atomic mass is 16.3. The molecule has 0 aliphatic carbocycles. The Bertz CT molecular complexity index is 704. The van der Waals surface area contributed by atoms with Gasteiger partial charge >= 0.3 is 6.03 Å². The van der Waals surface area contributed by atoms with Gasteiger partial charge < -0.3 is 20.2 Å². The zero-order valence-corrected chi connectivity index (χ0v) is 15.7. The summed E-state index contributed by atoms with van der Waals surface area (Å²) in [4.78, 5) is 40.6. The van der Waals surface area contributed by atoms with Gasteiger partial charge in [-0.25, -0.2) is 4.79 Å². The minimum atomic E-state index is -0.556. The van der Waals surface area contributed by atoms with Gasteiger partial charge in [-0.15, -0.1) is 0 Å². The fourth-order valence-corrected chi connectivity index (χ4v) is 3.91. The van der Waals surface area contributed by atoms with Crippen LogP contribution >= 0.6 is 0 Å². The van der Waals surface area contributed by atoms with Crippen LogP contribution in [0.4, 0.5) is 4.79 Å². The number of aryl methyl sites for hydroxylation is 1. The van der Waals surface area contributed by atoms with Crippen LogP contribution in [0.5, 0.6) is 0 Å². The Kier molecular flexibility index (Phi) is 6.11. The van der Waals surface area contributed by atoms with Crippen molar-refractivity contribution in [1.29, 1.82) is 0 Å². The zero-order valence-electron chi connectivity index (χ0n) is 15.7. The highest BCUT2D eigenvalue weighted by Gasteiger charge is 2.41. The molecule has 0 bridgehead atoms. The molecule has 27 heavy (non-hydrogen) atoms. The SMILES string of the molecule is Cc1ccc(CNC(=O)N2CCCC2C(=O)N2CCCC2C(=O)CO)cc1. The molecule has 0 saturated carbocycles. The minimum absolute atomic E-state index is 0.178. The van der Waals surface area contributed by atoms with E-state index in [4.69, 9.17) is 5.11 Å². The lowest BCUT2D eigenvalue weighted by Crippen LogP contribution is -2.53. The van der Waals surface area contributed by atoms with E-state index < -0.39 is 18.7 Å². The third-order valence-electron chi connectivity index (χ3n) is 5.43. The van der Waals surface area contributed by atoms with Gasteiger partial charge in [0.25, 0.3) is 0 Å². The van der Waals surface area contributed by atoms with Crippen LogP contribution < -0.4 is 5.32 Å². The number of likely N-dealkylation sites (tertiary alicyclic amines) is 2. The summed E-state index contributed by atoms with van der Waals surface area (Å²) in [6.45, 7) is 2.90. The van der Waals surface area contributed by atoms with Crippen molar-refractivity contribution in [3.05, 3.63) is 35.4 Å². The van der Waals surface area contributed by atoms with Gasteiger partial charge in [-0.2, -0.15) is 0 Å². The number of carbonyl (C=O) groups excluding carboxylic acids is 3. The fourth-order valence-electron chi connectivity index (χ4n) is 3.91. The Morgan fingerprint density at radius 2 is 1.67 bits per heavy atom. The molecule has 7 heteroatoms. The maximum Gasteiger partial charge on any atom is 0.318 e. The molecule has 3 rings (SSSR count). The fraction of sp³-hybridized carbons (Fsp3) is 0.550. The maximum atomic E-state index is 13.0. The minimum Gasteiger partial charge on any atom is -0.389 e. The second-order valence-corrected chi connectivity index (χ2v) is 7.31. The van der Waals surface area contributed by atoms with Gasteiger partial charge in [-0.1, -0.05) is 29.8 Å². The Morgan fingerprint density at radius 3 is 2.33 bits per heavy atom. The predicted octanol–water partition coefficient (Wildman–Crippen LogP) is 1.22. The molecule has 2 unspecified atom stereocenters. The molecule has 2 heterocycles. The Balaban J connectivity index is 1.62. The molecule has 0 radical (unpaired) electrons. The normalized spacial score (nSPS) is 22.1. The van der Waals surface area contributed by atoms with Crippen molar-refractivity contribution in [2.75, 3.05) is 19.7 Å². The number of benzene rings is 1. The van der Waals surface area contributed by atoms with Crippen LogP contribution in [0.2, 0.25) is 0 Å². The zero-order chi connectivity index (χ0) is 19.4. The summed E-state index contributed by atoms with van der Waals surface area (Å²) in [5.74, 6) is -0.503. The second-order valence-electron chi connectivity index (χ2n) is 7.31. The summed E-state index contributed by atoms with van der Waals surface area (Å²) >= 11 is 0. The number of carbonyl (C=O) groups is 3. The summed E-state index contributed by atoms with van der Waals surface area (Å²) in [5, 5.41) is 12.0. The third kappa shape index (κ3) is 4.30. The lowest BCUT2D eigenvalue weighted by Gasteiger charge is -2.30. The number of ketones is 1. The van der Waals surface area contributed by atoms with Gasteiger partial charge in [0.15, 0.2) is 5.78 Å². The molecular formula is C20H27N3O4. The van der Waals surface area contributed by atoms with Crippen molar-refractivity contribution in [2.24, 2.45) is 0 Å². The van der Waals surface area contributed by atoms with Crippen molar-refractivity contribution in [2.45, 2.75) is 51.2 Å². The molecule has 0 spiro atoms. The van der Waals surface area contributed by atoms with E-state index in [1.54, 1.807) is 9.80 Å². The first kappa shape index (κ1) is 19.4. The first-order chi connectivity index (χ1) is 13.0. The van der Waals surface area contributed by atoms with Crippen molar-refractivity contribution in [1.82, 2.24) is 15.1 Å². The topological polar surface area (TPSA) is 90.0 Å². The second kappa shape index (κ2) is 8.52. The molecule has 1 aromatic rings. The quantitative estimate of drug-likeness (QED) is 0.812. The van der Waals surface area contributed by atoms with Crippen LogP contribution in [0.1, 0.15) is 36.8 Å². The molecule has 2 aliphatic heterocycles. The van der Waals surface area contributed by atoms with E-state index >= 15 is 0 Å². The van der Waals surface area contributed by atoms with E-state index in [0.29, 0.717) is 32.5 Å². The van der Waals surface area contributed by atoms with Crippen molar-refractivity contribution < 1.29 is 19.5 Å². The summed E-state index contributed by atoms with van der Waals surface area (Å²) < 4.78 is 0. The van der Waals surface area contributed by atoms with E-state index in [0.717, 1.165) is 24.0 Å². The van der Waals surface area contributed by atoms with Crippen molar-refractivity contribution in [3.63, 3.8) is 0 Å². The van der Waals surface area contributed by atoms with Crippen LogP contribution in [0.3, 0.4) is 0 Å². The van der Waals surface area contributed by atoms with Gasteiger partial charge in [0.1, 0.15) is 12.6 Å². The Morgan fingerprint density at radius 1 is 1.04 bits per heavy atom. The monoisotopic (exact) mass is 373 g/mol. The van der Waals surface area contributed by atoms with Gasteiger partial charge in [0, 0.05) is 19.6 Å². The van der Waals surface area contributed by atoms with Gasteiger partial charge in [0.2, 0.25) is 5.91 Å². The van der Waals surface area contributed by atoms with Crippen LogP contribution in [0.25, 0.3) is 0 Å². The lowest BCUT2D eigenvalue weighted by molar-refractivity contribution is -0.141. The van der Waals surface area contributed by atoms with Gasteiger partial charge in [0.05, 0.1) is 6.04 Å². The lowest BCUT2D eigenvalue weighted by atomic mass is 10.1. The highest BCUT2D eigenvalue weighted by Crippen LogP contribution is 2.25. The van der Waals surface area contributed by atoms with Crippen molar-refractivity contribution >= 4 is 17.7 Å². The summed E-state index contributed by atoms with van der Waals surface area (Å²) in [6.07, 6.45) is 2.69. The highest BCUT2D eigenvalue weighted by molar-refractivity contribution is 5.93. The largest absolute Gasteiger partial charge is 0.389 e. The first-order valence-electron chi connectivity index (χ1n) is 9.55. The standard InChI is InChI=1S/C20H27N3O4/c1-14-6-8-15(9-7-14)12-21-20(27)23-11-3-5-17(23)19(26)22-10-2-4-16(22)18(25)13-24/h6-9,16-17,24H,2-5,10-13H2,1H3,(H,21,27). The van der Waals surface area contributed by atoms with Crippen LogP contribution in [-0.4, -0.2) is 64.4 Å². The van der Waals surface area contributed by atoms with Crippen LogP contribution in [0.15, 0.2) is 24.3 Å². The molecule has 3 amide bonds. The van der Waals surface area contributed by atoms with Gasteiger partial charge in [-0.05, 0) is 38.2 Å². The van der Waals surface area contributed by atoms with E-state index in [9.17, 15) is 14.4 Å². The smallest absolute Gasteiger partial charge is 0.318 e. The first-order valence-corrected chi connectivity index (χ1v) is 9.55. The number of amides is 3. The Labute approximate surface area is 159 Å². The number of aliphatic hydroxyl groups excluding tert-OH is 1. The molecule has 146 valence electrons. The molecule has 0 aromatic heterocycles. The molecule has 2 N–H and O–H groups in total. The molecule has 2 atom stereocenters. The molecular weight excluding hydrogens is 346 g/mol. The predicted molar refractivity (Wildman–Crippen MR) is 100.0 cm³/mol. The number of aliphatic hydroxyl groups is 1. The van der Waals surface area contributed by atoms with Crippen molar-refractivity contribution in [3.8, 4) is 0 Å². The average molecular weight is 373 g/mol. The molecule has 7 nitrogen and oxygen atoms in total. The van der Waals surface area contributed by atoms with E-state index in [1.165, 1.54) is 0 Å². The summed E-state index contributed by atoms with van der Waals surface area (Å²) in [5.41, 5.74) is 2.16. The number of nitrogens with zero attached hydrogens (tertiary/aromatic N) is 2. The summed E-state index contributed by atoms with van der Waals surface area (Å²) in [6, 6.07) is 6.59. The molecule has 2 saturated heterocycles. The van der Waals surface area contributed by atoms with E-state index in [-0.39, 0.29) is 17.7 Å². The molecule has 2 aliphatic rings.